The summed E-state index contributed by atoms with van der Waals surface area (Å²) in [5, 5.41) is 9.66. The van der Waals surface area contributed by atoms with Crippen molar-refractivity contribution < 1.29 is 16.8 Å². The van der Waals surface area contributed by atoms with Gasteiger partial charge in [0.2, 0.25) is 0 Å². The predicted octanol–water partition coefficient (Wildman–Crippen LogP) is 0.278. The molecule has 0 atom stereocenters. The fourth-order valence-electron chi connectivity index (χ4n) is 0.846. The molecule has 1 rings (SSSR count). The molecule has 0 aliphatic heterocycles. The second-order valence-corrected chi connectivity index (χ2v) is 9.66. The van der Waals surface area contributed by atoms with Gasteiger partial charge in [-0.15, -0.1) is 0 Å². The highest BCUT2D eigenvalue weighted by Gasteiger charge is 2.10. The molecule has 0 fully saturated rings. The zero-order valence-corrected chi connectivity index (χ0v) is 11.0. The van der Waals surface area contributed by atoms with Crippen LogP contribution in [0.5, 0.6) is 0 Å². The Kier molecular flexibility index (Phi) is 4.26. The minimum atomic E-state index is -3.71. The molecule has 0 aliphatic carbocycles. The summed E-state index contributed by atoms with van der Waals surface area (Å²) in [5.74, 6) is 0. The summed E-state index contributed by atoms with van der Waals surface area (Å²) in [5.41, 5.74) is 0. The Morgan fingerprint density at radius 3 is 1.56 bits per heavy atom. The van der Waals surface area contributed by atoms with E-state index < -0.39 is 18.1 Å². The quantitative estimate of drug-likeness (QED) is 0.770. The molecule has 1 aromatic carbocycles. The van der Waals surface area contributed by atoms with E-state index in [0.29, 0.717) is 31.4 Å². The molecule has 0 saturated heterocycles. The summed E-state index contributed by atoms with van der Waals surface area (Å²) in [4.78, 5) is 0.660. The summed E-state index contributed by atoms with van der Waals surface area (Å²) in [6.07, 6.45) is 0. The van der Waals surface area contributed by atoms with Gasteiger partial charge in [-0.3, -0.25) is 0 Å². The van der Waals surface area contributed by atoms with Crippen molar-refractivity contribution in [1.29, 1.82) is 0 Å². The lowest BCUT2D eigenvalue weighted by Crippen LogP contribution is -2.06. The molecule has 90 valence electrons. The highest BCUT2D eigenvalue weighted by atomic mass is 33.1. The average molecular weight is 300 g/mol. The molecule has 6 nitrogen and oxygen atoms in total. The Morgan fingerprint density at radius 1 is 0.875 bits per heavy atom. The molecule has 0 bridgehead atoms. The van der Waals surface area contributed by atoms with Crippen LogP contribution in [0, 0.1) is 0 Å². The molecule has 1 aromatic rings. The van der Waals surface area contributed by atoms with E-state index in [1.165, 1.54) is 24.3 Å². The van der Waals surface area contributed by atoms with Gasteiger partial charge in [-0.1, -0.05) is 6.07 Å². The van der Waals surface area contributed by atoms with Crippen LogP contribution in [0.4, 0.5) is 0 Å². The molecule has 0 amide bonds. The molecular weight excluding hydrogens is 292 g/mol. The highest BCUT2D eigenvalue weighted by molar-refractivity contribution is 8.71. The molecule has 0 saturated carbocycles. The number of benzene rings is 1. The molecule has 4 N–H and O–H groups in total. The van der Waals surface area contributed by atoms with E-state index in [-0.39, 0.29) is 0 Å². The fourth-order valence-corrected chi connectivity index (χ4v) is 4.31. The van der Waals surface area contributed by atoms with Crippen LogP contribution in [0.2, 0.25) is 0 Å². The first-order chi connectivity index (χ1) is 7.16. The Morgan fingerprint density at radius 2 is 1.25 bits per heavy atom. The van der Waals surface area contributed by atoms with Gasteiger partial charge in [0.1, 0.15) is 0 Å². The highest BCUT2D eigenvalue weighted by Crippen LogP contribution is 2.28. The molecule has 0 heterocycles. The van der Waals surface area contributed by atoms with Crippen molar-refractivity contribution in [2.45, 2.75) is 9.79 Å². The van der Waals surface area contributed by atoms with Gasteiger partial charge < -0.3 is 0 Å². The summed E-state index contributed by atoms with van der Waals surface area (Å²) < 4.78 is 43.2. The van der Waals surface area contributed by atoms with Gasteiger partial charge in [-0.25, -0.2) is 27.1 Å². The molecule has 0 unspecified atom stereocenters. The maximum atomic E-state index is 10.8. The first-order valence-corrected chi connectivity index (χ1v) is 9.46. The Bertz CT molecular complexity index is 531. The zero-order valence-electron chi connectivity index (χ0n) is 7.73. The lowest BCUT2D eigenvalue weighted by molar-refractivity contribution is 0.610. The van der Waals surface area contributed by atoms with Gasteiger partial charge in [0.05, 0.1) is 0 Å². The molecule has 0 radical (unpaired) electrons. The van der Waals surface area contributed by atoms with Crippen molar-refractivity contribution in [2.24, 2.45) is 10.3 Å². The van der Waals surface area contributed by atoms with Crippen molar-refractivity contribution in [2.75, 3.05) is 0 Å². The third-order valence-corrected chi connectivity index (χ3v) is 5.14. The van der Waals surface area contributed by atoms with Gasteiger partial charge in [0.25, 0.3) is 18.1 Å². The number of rotatable bonds is 4. The van der Waals surface area contributed by atoms with E-state index in [1.54, 1.807) is 0 Å². The van der Waals surface area contributed by atoms with E-state index in [1.807, 2.05) is 0 Å². The minimum absolute atomic E-state index is 0.330. The number of hydrogen-bond donors (Lipinski definition) is 2. The maximum Gasteiger partial charge on any atom is 0.266 e. The van der Waals surface area contributed by atoms with Crippen LogP contribution in [0.25, 0.3) is 0 Å². The molecular formula is C6H8N2O4S4. The standard InChI is InChI=1S/C6H8N2O4S4/c7-15(9,10)13-5-2-1-3-6(4-5)14-16(8,11)12/h1-4H,(H2,7,9,10)(H2,8,11,12). The fraction of sp³-hybridized carbons (Fsp3) is 0. The van der Waals surface area contributed by atoms with Crippen LogP contribution in [-0.2, 0) is 18.1 Å². The molecule has 0 spiro atoms. The van der Waals surface area contributed by atoms with Crippen LogP contribution < -0.4 is 10.3 Å². The summed E-state index contributed by atoms with van der Waals surface area (Å²) in [7, 11) is -6.54. The van der Waals surface area contributed by atoms with Gasteiger partial charge in [-0.2, -0.15) is 0 Å². The van der Waals surface area contributed by atoms with Crippen LogP contribution in [0.1, 0.15) is 0 Å². The summed E-state index contributed by atoms with van der Waals surface area (Å²) in [6, 6.07) is 5.90. The smallest absolute Gasteiger partial charge is 0.219 e. The first-order valence-electron chi connectivity index (χ1n) is 3.70. The van der Waals surface area contributed by atoms with Gasteiger partial charge >= 0.3 is 0 Å². The Hall–Kier alpha value is -0.260. The van der Waals surface area contributed by atoms with Gasteiger partial charge in [0, 0.05) is 31.4 Å². The lowest BCUT2D eigenvalue weighted by atomic mass is 10.4. The predicted molar refractivity (Wildman–Crippen MR) is 64.4 cm³/mol. The van der Waals surface area contributed by atoms with E-state index in [4.69, 9.17) is 10.3 Å². The van der Waals surface area contributed by atoms with Crippen molar-refractivity contribution >= 4 is 39.7 Å². The maximum absolute atomic E-state index is 10.8. The third kappa shape index (κ3) is 5.72. The van der Waals surface area contributed by atoms with Gasteiger partial charge in [0.15, 0.2) is 0 Å². The normalized spacial score (nSPS) is 12.6. The second kappa shape index (κ2) is 4.94. The molecule has 0 aliphatic rings. The number of nitrogens with two attached hydrogens (primary N) is 2. The zero-order chi connectivity index (χ0) is 12.4. The van der Waals surface area contributed by atoms with Crippen LogP contribution in [-0.4, -0.2) is 16.8 Å². The van der Waals surface area contributed by atoms with E-state index in [9.17, 15) is 16.8 Å². The largest absolute Gasteiger partial charge is 0.266 e. The van der Waals surface area contributed by atoms with Crippen LogP contribution in [0.15, 0.2) is 34.1 Å². The monoisotopic (exact) mass is 300 g/mol. The third-order valence-electron chi connectivity index (χ3n) is 1.23. The van der Waals surface area contributed by atoms with E-state index in [0.717, 1.165) is 0 Å². The number of hydrogen-bond acceptors (Lipinski definition) is 6. The topological polar surface area (TPSA) is 120 Å². The van der Waals surface area contributed by atoms with Crippen molar-refractivity contribution in [3.8, 4) is 0 Å². The van der Waals surface area contributed by atoms with Crippen molar-refractivity contribution in [1.82, 2.24) is 0 Å². The van der Waals surface area contributed by atoms with Gasteiger partial charge in [-0.05, 0) is 18.2 Å². The Balaban J connectivity index is 2.96. The second-order valence-electron chi connectivity index (χ2n) is 2.63. The lowest BCUT2D eigenvalue weighted by Gasteiger charge is -2.01. The first kappa shape index (κ1) is 13.8. The van der Waals surface area contributed by atoms with E-state index in [2.05, 4.69) is 0 Å². The Labute approximate surface area is 101 Å². The van der Waals surface area contributed by atoms with Crippen LogP contribution >= 0.6 is 21.6 Å². The van der Waals surface area contributed by atoms with Crippen molar-refractivity contribution in [3.05, 3.63) is 24.3 Å². The van der Waals surface area contributed by atoms with E-state index >= 15 is 0 Å². The summed E-state index contributed by atoms with van der Waals surface area (Å²) in [6.45, 7) is 0. The molecule has 0 aromatic heterocycles. The summed E-state index contributed by atoms with van der Waals surface area (Å²) >= 11 is 0. The molecule has 10 heteroatoms. The SMILES string of the molecule is NS(=O)(=O)Sc1cccc(SS(N)(=O)=O)c1. The average Bonchev–Trinajstić information content (AvgIpc) is 1.96. The van der Waals surface area contributed by atoms with Crippen molar-refractivity contribution in [3.63, 3.8) is 0 Å². The molecule has 16 heavy (non-hydrogen) atoms. The minimum Gasteiger partial charge on any atom is -0.219 e. The van der Waals surface area contributed by atoms with Crippen LogP contribution in [0.3, 0.4) is 0 Å².